The third-order valence-corrected chi connectivity index (χ3v) is 3.41. The molecule has 0 amide bonds. The van der Waals surface area contributed by atoms with Gasteiger partial charge < -0.3 is 10.5 Å². The van der Waals surface area contributed by atoms with Gasteiger partial charge in [-0.15, -0.1) is 0 Å². The standard InChI is InChI=1S/C13H21N3O/c1-9-15-11(14)8-12(16-9)17-10-4-6-13(2,3)7-5-10/h8,10H,4-7H2,1-3H3,(H2,14,15,16). The van der Waals surface area contributed by atoms with Crippen molar-refractivity contribution in [3.05, 3.63) is 11.9 Å². The van der Waals surface area contributed by atoms with E-state index in [1.165, 1.54) is 12.8 Å². The first-order valence-corrected chi connectivity index (χ1v) is 6.22. The van der Waals surface area contributed by atoms with E-state index >= 15 is 0 Å². The minimum Gasteiger partial charge on any atom is -0.474 e. The maximum atomic E-state index is 5.88. The molecule has 0 unspecified atom stereocenters. The van der Waals surface area contributed by atoms with E-state index in [9.17, 15) is 0 Å². The van der Waals surface area contributed by atoms with Crippen LogP contribution in [0.15, 0.2) is 6.07 Å². The number of anilines is 1. The van der Waals surface area contributed by atoms with E-state index in [1.807, 2.05) is 6.92 Å². The molecule has 17 heavy (non-hydrogen) atoms. The number of aryl methyl sites for hydroxylation is 1. The molecule has 0 radical (unpaired) electrons. The largest absolute Gasteiger partial charge is 0.474 e. The molecule has 2 N–H and O–H groups in total. The van der Waals surface area contributed by atoms with Crippen LogP contribution in [0, 0.1) is 12.3 Å². The third-order valence-electron chi connectivity index (χ3n) is 3.41. The summed E-state index contributed by atoms with van der Waals surface area (Å²) in [6, 6.07) is 1.70. The summed E-state index contributed by atoms with van der Waals surface area (Å²) in [6.45, 7) is 6.46. The Balaban J connectivity index is 1.97. The van der Waals surface area contributed by atoms with Crippen molar-refractivity contribution in [2.24, 2.45) is 5.41 Å². The van der Waals surface area contributed by atoms with Crippen molar-refractivity contribution in [1.82, 2.24) is 9.97 Å². The van der Waals surface area contributed by atoms with Crippen molar-refractivity contribution in [3.8, 4) is 5.88 Å². The molecule has 0 spiro atoms. The van der Waals surface area contributed by atoms with E-state index in [0.717, 1.165) is 12.8 Å². The monoisotopic (exact) mass is 235 g/mol. The molecule has 0 atom stereocenters. The number of nitrogens with zero attached hydrogens (tertiary/aromatic N) is 2. The highest BCUT2D eigenvalue weighted by Crippen LogP contribution is 2.36. The molecule has 0 saturated heterocycles. The van der Waals surface area contributed by atoms with Gasteiger partial charge in [0.1, 0.15) is 17.7 Å². The summed E-state index contributed by atoms with van der Waals surface area (Å²) in [5.74, 6) is 1.75. The maximum absolute atomic E-state index is 5.88. The van der Waals surface area contributed by atoms with E-state index < -0.39 is 0 Å². The molecule has 94 valence electrons. The van der Waals surface area contributed by atoms with Crippen LogP contribution in [0.4, 0.5) is 5.82 Å². The first kappa shape index (κ1) is 12.1. The molecule has 1 heterocycles. The van der Waals surface area contributed by atoms with Gasteiger partial charge in [0.2, 0.25) is 5.88 Å². The molecule has 0 bridgehead atoms. The summed E-state index contributed by atoms with van der Waals surface area (Å²) in [5, 5.41) is 0. The Labute approximate surface area is 103 Å². The lowest BCUT2D eigenvalue weighted by Gasteiger charge is -2.34. The van der Waals surface area contributed by atoms with Gasteiger partial charge in [-0.1, -0.05) is 13.8 Å². The van der Waals surface area contributed by atoms with Gasteiger partial charge in [-0.25, -0.2) is 4.98 Å². The fourth-order valence-corrected chi connectivity index (χ4v) is 2.28. The van der Waals surface area contributed by atoms with Gasteiger partial charge >= 0.3 is 0 Å². The number of nitrogen functional groups attached to an aromatic ring is 1. The van der Waals surface area contributed by atoms with Crippen molar-refractivity contribution >= 4 is 5.82 Å². The van der Waals surface area contributed by atoms with Crippen LogP contribution in [0.25, 0.3) is 0 Å². The molecule has 1 saturated carbocycles. The number of aromatic nitrogens is 2. The first-order chi connectivity index (χ1) is 7.94. The molecule has 2 rings (SSSR count). The fraction of sp³-hybridized carbons (Fsp3) is 0.692. The number of nitrogens with two attached hydrogens (primary N) is 1. The second-order valence-electron chi connectivity index (χ2n) is 5.66. The first-order valence-electron chi connectivity index (χ1n) is 6.22. The average Bonchev–Trinajstić information content (AvgIpc) is 2.20. The SMILES string of the molecule is Cc1nc(N)cc(OC2CCC(C)(C)CC2)n1. The normalized spacial score (nSPS) is 20.2. The summed E-state index contributed by atoms with van der Waals surface area (Å²) in [7, 11) is 0. The molecule has 0 aromatic carbocycles. The zero-order chi connectivity index (χ0) is 12.5. The van der Waals surface area contributed by atoms with Crippen LogP contribution < -0.4 is 10.5 Å². The number of rotatable bonds is 2. The third kappa shape index (κ3) is 3.32. The number of ether oxygens (including phenoxy) is 1. The Kier molecular flexibility index (Phi) is 3.22. The maximum Gasteiger partial charge on any atom is 0.218 e. The summed E-state index contributed by atoms with van der Waals surface area (Å²) in [4.78, 5) is 8.29. The van der Waals surface area contributed by atoms with Gasteiger partial charge in [-0.05, 0) is 38.0 Å². The van der Waals surface area contributed by atoms with Gasteiger partial charge in [-0.3, -0.25) is 0 Å². The fourth-order valence-electron chi connectivity index (χ4n) is 2.28. The highest BCUT2D eigenvalue weighted by atomic mass is 16.5. The van der Waals surface area contributed by atoms with Gasteiger partial charge in [-0.2, -0.15) is 4.98 Å². The van der Waals surface area contributed by atoms with Gasteiger partial charge in [0.15, 0.2) is 0 Å². The minimum atomic E-state index is 0.275. The molecule has 4 nitrogen and oxygen atoms in total. The number of hydrogen-bond acceptors (Lipinski definition) is 4. The Morgan fingerprint density at radius 1 is 1.29 bits per heavy atom. The van der Waals surface area contributed by atoms with Crippen LogP contribution in [0.3, 0.4) is 0 Å². The Morgan fingerprint density at radius 3 is 2.53 bits per heavy atom. The summed E-state index contributed by atoms with van der Waals surface area (Å²) in [6.07, 6.45) is 4.87. The second-order valence-corrected chi connectivity index (χ2v) is 5.66. The molecule has 1 aromatic rings. The van der Waals surface area contributed by atoms with Crippen LogP contribution in [0.5, 0.6) is 5.88 Å². The van der Waals surface area contributed by atoms with Gasteiger partial charge in [0.05, 0.1) is 0 Å². The number of hydrogen-bond donors (Lipinski definition) is 1. The van der Waals surface area contributed by atoms with Crippen molar-refractivity contribution in [2.75, 3.05) is 5.73 Å². The van der Waals surface area contributed by atoms with E-state index in [1.54, 1.807) is 6.07 Å². The second kappa shape index (κ2) is 4.51. The molecular formula is C13H21N3O. The van der Waals surface area contributed by atoms with E-state index in [0.29, 0.717) is 22.9 Å². The zero-order valence-electron chi connectivity index (χ0n) is 10.9. The highest BCUT2D eigenvalue weighted by molar-refractivity contribution is 5.32. The lowest BCUT2D eigenvalue weighted by molar-refractivity contribution is 0.0947. The summed E-state index contributed by atoms with van der Waals surface area (Å²) in [5.41, 5.74) is 6.14. The predicted molar refractivity (Wildman–Crippen MR) is 67.8 cm³/mol. The van der Waals surface area contributed by atoms with Crippen molar-refractivity contribution in [2.45, 2.75) is 52.6 Å². The van der Waals surface area contributed by atoms with Crippen molar-refractivity contribution in [1.29, 1.82) is 0 Å². The molecule has 1 aromatic heterocycles. The van der Waals surface area contributed by atoms with E-state index in [2.05, 4.69) is 23.8 Å². The van der Waals surface area contributed by atoms with Crippen LogP contribution in [-0.4, -0.2) is 16.1 Å². The Bertz CT molecular complexity index is 373. The Morgan fingerprint density at radius 2 is 1.94 bits per heavy atom. The average molecular weight is 235 g/mol. The molecule has 1 aliphatic rings. The van der Waals surface area contributed by atoms with Crippen LogP contribution in [0.1, 0.15) is 45.4 Å². The summed E-state index contributed by atoms with van der Waals surface area (Å²) < 4.78 is 5.88. The Hall–Kier alpha value is -1.32. The molecular weight excluding hydrogens is 214 g/mol. The van der Waals surface area contributed by atoms with Crippen molar-refractivity contribution in [3.63, 3.8) is 0 Å². The van der Waals surface area contributed by atoms with Crippen LogP contribution in [0.2, 0.25) is 0 Å². The predicted octanol–water partition coefficient (Wildman–Crippen LogP) is 2.71. The smallest absolute Gasteiger partial charge is 0.218 e. The molecule has 4 heteroatoms. The molecule has 1 aliphatic carbocycles. The topological polar surface area (TPSA) is 61.0 Å². The summed E-state index contributed by atoms with van der Waals surface area (Å²) >= 11 is 0. The molecule has 1 fully saturated rings. The van der Waals surface area contributed by atoms with E-state index in [-0.39, 0.29) is 6.10 Å². The minimum absolute atomic E-state index is 0.275. The van der Waals surface area contributed by atoms with Crippen molar-refractivity contribution < 1.29 is 4.74 Å². The van der Waals surface area contributed by atoms with Gasteiger partial charge in [0.25, 0.3) is 0 Å². The zero-order valence-corrected chi connectivity index (χ0v) is 10.9. The van der Waals surface area contributed by atoms with Gasteiger partial charge in [0, 0.05) is 6.07 Å². The molecule has 0 aliphatic heterocycles. The lowest BCUT2D eigenvalue weighted by atomic mass is 9.76. The van der Waals surface area contributed by atoms with Crippen LogP contribution in [-0.2, 0) is 0 Å². The van der Waals surface area contributed by atoms with E-state index in [4.69, 9.17) is 10.5 Å². The quantitative estimate of drug-likeness (QED) is 0.856. The van der Waals surface area contributed by atoms with Crippen LogP contribution >= 0.6 is 0 Å². The highest BCUT2D eigenvalue weighted by Gasteiger charge is 2.28. The lowest BCUT2D eigenvalue weighted by Crippen LogP contribution is -2.28.